The van der Waals surface area contributed by atoms with Gasteiger partial charge in [0.1, 0.15) is 5.01 Å². The van der Waals surface area contributed by atoms with Gasteiger partial charge in [-0.2, -0.15) is 0 Å². The molecule has 1 saturated heterocycles. The van der Waals surface area contributed by atoms with Crippen molar-refractivity contribution in [3.05, 3.63) is 51.4 Å². The van der Waals surface area contributed by atoms with Gasteiger partial charge in [-0.1, -0.05) is 29.8 Å². The lowest BCUT2D eigenvalue weighted by atomic mass is 10.0. The van der Waals surface area contributed by atoms with E-state index in [0.717, 1.165) is 31.2 Å². The smallest absolute Gasteiger partial charge is 0.107 e. The second kappa shape index (κ2) is 7.38. The predicted molar refractivity (Wildman–Crippen MR) is 86.8 cm³/mol. The summed E-state index contributed by atoms with van der Waals surface area (Å²) in [4.78, 5) is 6.84. The third-order valence-electron chi connectivity index (χ3n) is 3.44. The van der Waals surface area contributed by atoms with Crippen molar-refractivity contribution in [2.75, 3.05) is 19.6 Å². The Morgan fingerprint density at radius 1 is 1.40 bits per heavy atom. The molecule has 1 aliphatic rings. The molecular formula is C14H17Cl2N3S. The van der Waals surface area contributed by atoms with Crippen LogP contribution in [0.15, 0.2) is 35.8 Å². The highest BCUT2D eigenvalue weighted by Gasteiger charge is 2.25. The highest BCUT2D eigenvalue weighted by Crippen LogP contribution is 2.29. The fraction of sp³-hybridized carbons (Fsp3) is 0.357. The average molecular weight is 330 g/mol. The van der Waals surface area contributed by atoms with Crippen molar-refractivity contribution in [1.82, 2.24) is 15.2 Å². The van der Waals surface area contributed by atoms with Gasteiger partial charge >= 0.3 is 0 Å². The molecule has 1 aromatic heterocycles. The van der Waals surface area contributed by atoms with Gasteiger partial charge in [0.25, 0.3) is 0 Å². The van der Waals surface area contributed by atoms with Crippen LogP contribution in [0.3, 0.4) is 0 Å². The van der Waals surface area contributed by atoms with Crippen molar-refractivity contribution < 1.29 is 0 Å². The molecule has 1 aliphatic heterocycles. The van der Waals surface area contributed by atoms with Crippen LogP contribution in [0, 0.1) is 0 Å². The van der Waals surface area contributed by atoms with Gasteiger partial charge in [0.2, 0.25) is 0 Å². The third-order valence-corrected chi connectivity index (χ3v) is 4.55. The number of aromatic nitrogens is 1. The number of halogens is 2. The standard InChI is InChI=1S/C14H16ClN3S.ClH/c15-12-4-2-1-3-11(12)13-9-16-5-7-18(13)10-14-17-6-8-19-14;/h1-4,6,8,13,16H,5,7,9-10H2;1H. The predicted octanol–water partition coefficient (Wildman–Crippen LogP) is 3.36. The molecule has 1 fully saturated rings. The maximum atomic E-state index is 6.34. The maximum Gasteiger partial charge on any atom is 0.107 e. The Morgan fingerprint density at radius 3 is 3.00 bits per heavy atom. The molecule has 3 rings (SSSR count). The van der Waals surface area contributed by atoms with E-state index < -0.39 is 0 Å². The molecule has 1 aromatic carbocycles. The van der Waals surface area contributed by atoms with Crippen molar-refractivity contribution in [2.45, 2.75) is 12.6 Å². The SMILES string of the molecule is Cl.Clc1ccccc1C1CNCCN1Cc1nccs1. The van der Waals surface area contributed by atoms with Crippen molar-refractivity contribution in [2.24, 2.45) is 0 Å². The van der Waals surface area contributed by atoms with E-state index in [9.17, 15) is 0 Å². The molecule has 108 valence electrons. The summed E-state index contributed by atoms with van der Waals surface area (Å²) in [6.07, 6.45) is 1.87. The minimum atomic E-state index is 0. The number of hydrogen-bond acceptors (Lipinski definition) is 4. The number of rotatable bonds is 3. The minimum Gasteiger partial charge on any atom is -0.314 e. The van der Waals surface area contributed by atoms with Crippen LogP contribution in [0.4, 0.5) is 0 Å². The van der Waals surface area contributed by atoms with Gasteiger partial charge in [-0.05, 0) is 11.6 Å². The Kier molecular flexibility index (Phi) is 5.81. The fourth-order valence-electron chi connectivity index (χ4n) is 2.49. The summed E-state index contributed by atoms with van der Waals surface area (Å²) in [5.74, 6) is 0. The number of piperazine rings is 1. The van der Waals surface area contributed by atoms with E-state index in [1.165, 1.54) is 10.6 Å². The number of nitrogens with zero attached hydrogens (tertiary/aromatic N) is 2. The Labute approximate surface area is 134 Å². The lowest BCUT2D eigenvalue weighted by Gasteiger charge is -2.36. The molecule has 1 N–H and O–H groups in total. The fourth-order valence-corrected chi connectivity index (χ4v) is 3.39. The summed E-state index contributed by atoms with van der Waals surface area (Å²) in [7, 11) is 0. The average Bonchev–Trinajstić information content (AvgIpc) is 2.93. The Hall–Kier alpha value is -0.650. The van der Waals surface area contributed by atoms with Gasteiger partial charge < -0.3 is 5.32 Å². The summed E-state index contributed by atoms with van der Waals surface area (Å²) in [5.41, 5.74) is 1.20. The number of thiazole rings is 1. The van der Waals surface area contributed by atoms with Crippen LogP contribution in [0.1, 0.15) is 16.6 Å². The quantitative estimate of drug-likeness (QED) is 0.935. The molecule has 2 aromatic rings. The molecule has 0 radical (unpaired) electrons. The van der Waals surface area contributed by atoms with Crippen LogP contribution < -0.4 is 5.32 Å². The largest absolute Gasteiger partial charge is 0.314 e. The molecule has 0 spiro atoms. The summed E-state index contributed by atoms with van der Waals surface area (Å²) in [5, 5.41) is 7.50. The van der Waals surface area contributed by atoms with Crippen molar-refractivity contribution >= 4 is 35.3 Å². The molecule has 1 unspecified atom stereocenters. The molecule has 0 aliphatic carbocycles. The van der Waals surface area contributed by atoms with E-state index in [2.05, 4.69) is 27.3 Å². The second-order valence-corrected chi connectivity index (χ2v) is 6.02. The van der Waals surface area contributed by atoms with E-state index >= 15 is 0 Å². The van der Waals surface area contributed by atoms with Crippen LogP contribution in [0.5, 0.6) is 0 Å². The first kappa shape index (κ1) is 15.7. The Balaban J connectivity index is 0.00000147. The van der Waals surface area contributed by atoms with Crippen molar-refractivity contribution in [3.8, 4) is 0 Å². The van der Waals surface area contributed by atoms with Gasteiger partial charge in [0.15, 0.2) is 0 Å². The first-order valence-corrected chi connectivity index (χ1v) is 7.68. The minimum absolute atomic E-state index is 0. The van der Waals surface area contributed by atoms with E-state index in [4.69, 9.17) is 11.6 Å². The summed E-state index contributed by atoms with van der Waals surface area (Å²) < 4.78 is 0. The zero-order chi connectivity index (χ0) is 13.1. The Morgan fingerprint density at radius 2 is 2.25 bits per heavy atom. The summed E-state index contributed by atoms with van der Waals surface area (Å²) >= 11 is 8.05. The monoisotopic (exact) mass is 329 g/mol. The normalized spacial score (nSPS) is 19.6. The zero-order valence-corrected chi connectivity index (χ0v) is 13.3. The summed E-state index contributed by atoms with van der Waals surface area (Å²) in [6.45, 7) is 3.88. The van der Waals surface area contributed by atoms with Gasteiger partial charge in [-0.3, -0.25) is 4.90 Å². The van der Waals surface area contributed by atoms with Crippen LogP contribution in [0.2, 0.25) is 5.02 Å². The van der Waals surface area contributed by atoms with Gasteiger partial charge in [-0.25, -0.2) is 4.98 Å². The van der Waals surface area contributed by atoms with E-state index in [0.29, 0.717) is 6.04 Å². The van der Waals surface area contributed by atoms with Crippen LogP contribution in [0.25, 0.3) is 0 Å². The Bertz CT molecular complexity index is 533. The molecule has 1 atom stereocenters. The van der Waals surface area contributed by atoms with Crippen LogP contribution in [-0.2, 0) is 6.54 Å². The lowest BCUT2D eigenvalue weighted by Crippen LogP contribution is -2.45. The molecule has 2 heterocycles. The third kappa shape index (κ3) is 3.51. The van der Waals surface area contributed by atoms with Gasteiger partial charge in [0, 0.05) is 42.3 Å². The van der Waals surface area contributed by atoms with Crippen LogP contribution >= 0.6 is 35.3 Å². The van der Waals surface area contributed by atoms with E-state index in [1.807, 2.05) is 23.7 Å². The van der Waals surface area contributed by atoms with Gasteiger partial charge in [0.05, 0.1) is 6.54 Å². The first-order valence-electron chi connectivity index (χ1n) is 6.42. The number of benzene rings is 1. The van der Waals surface area contributed by atoms with Crippen molar-refractivity contribution in [1.29, 1.82) is 0 Å². The molecule has 3 nitrogen and oxygen atoms in total. The zero-order valence-electron chi connectivity index (χ0n) is 11.0. The maximum absolute atomic E-state index is 6.34. The first-order chi connectivity index (χ1) is 9.34. The van der Waals surface area contributed by atoms with Crippen LogP contribution in [-0.4, -0.2) is 29.5 Å². The van der Waals surface area contributed by atoms with Gasteiger partial charge in [-0.15, -0.1) is 23.7 Å². The molecule has 0 saturated carbocycles. The van der Waals surface area contributed by atoms with Crippen molar-refractivity contribution in [3.63, 3.8) is 0 Å². The second-order valence-electron chi connectivity index (χ2n) is 4.64. The summed E-state index contributed by atoms with van der Waals surface area (Å²) in [6, 6.07) is 8.44. The molecule has 0 amide bonds. The van der Waals surface area contributed by atoms with E-state index in [-0.39, 0.29) is 12.4 Å². The highest BCUT2D eigenvalue weighted by molar-refractivity contribution is 7.09. The lowest BCUT2D eigenvalue weighted by molar-refractivity contribution is 0.153. The molecular weight excluding hydrogens is 313 g/mol. The number of hydrogen-bond donors (Lipinski definition) is 1. The molecule has 6 heteroatoms. The highest BCUT2D eigenvalue weighted by atomic mass is 35.5. The molecule has 20 heavy (non-hydrogen) atoms. The molecule has 0 bridgehead atoms. The number of nitrogens with one attached hydrogen (secondary N) is 1. The topological polar surface area (TPSA) is 28.2 Å². The van der Waals surface area contributed by atoms with E-state index in [1.54, 1.807) is 11.3 Å².